The van der Waals surface area contributed by atoms with E-state index >= 15 is 0 Å². The Morgan fingerprint density at radius 2 is 2.10 bits per heavy atom. The van der Waals surface area contributed by atoms with Gasteiger partial charge in [0.1, 0.15) is 5.69 Å². The van der Waals surface area contributed by atoms with E-state index < -0.39 is 0 Å². The van der Waals surface area contributed by atoms with Gasteiger partial charge in [0.15, 0.2) is 0 Å². The number of aryl methyl sites for hydroxylation is 2. The molecule has 106 valence electrons. The Kier molecular flexibility index (Phi) is 4.18. The molecular weight excluding hydrogens is 276 g/mol. The molecule has 0 saturated carbocycles. The van der Waals surface area contributed by atoms with E-state index in [-0.39, 0.29) is 11.8 Å². The van der Waals surface area contributed by atoms with Crippen LogP contribution >= 0.6 is 11.6 Å². The van der Waals surface area contributed by atoms with Crippen LogP contribution in [0.15, 0.2) is 12.3 Å². The third-order valence-electron chi connectivity index (χ3n) is 3.03. The molecule has 2 aromatic heterocycles. The van der Waals surface area contributed by atoms with Gasteiger partial charge >= 0.3 is 0 Å². The summed E-state index contributed by atoms with van der Waals surface area (Å²) in [6.45, 7) is 7.66. The standard InChI is InChI=1S/C14H17ClN4O/c1-5-12-10(6-9(4)17-18-12)14(20)13-11(15)7-16-19(13)8(2)3/h6-8H,5H2,1-4H3. The van der Waals surface area contributed by atoms with Gasteiger partial charge in [-0.3, -0.25) is 9.48 Å². The summed E-state index contributed by atoms with van der Waals surface area (Å²) >= 11 is 6.13. The lowest BCUT2D eigenvalue weighted by Crippen LogP contribution is -2.16. The molecule has 0 unspecified atom stereocenters. The molecule has 0 fully saturated rings. The fourth-order valence-electron chi connectivity index (χ4n) is 2.04. The number of aromatic nitrogens is 4. The second-order valence-corrected chi connectivity index (χ2v) is 5.32. The van der Waals surface area contributed by atoms with Gasteiger partial charge in [0.25, 0.3) is 0 Å². The van der Waals surface area contributed by atoms with Crippen molar-refractivity contribution in [2.45, 2.75) is 40.2 Å². The third-order valence-corrected chi connectivity index (χ3v) is 3.30. The van der Waals surface area contributed by atoms with Gasteiger partial charge in [0.2, 0.25) is 5.78 Å². The first-order valence-electron chi connectivity index (χ1n) is 6.56. The highest BCUT2D eigenvalue weighted by atomic mass is 35.5. The highest BCUT2D eigenvalue weighted by Crippen LogP contribution is 2.23. The first kappa shape index (κ1) is 14.7. The van der Waals surface area contributed by atoms with Crippen molar-refractivity contribution >= 4 is 17.4 Å². The lowest BCUT2D eigenvalue weighted by atomic mass is 10.0. The summed E-state index contributed by atoms with van der Waals surface area (Å²) in [4.78, 5) is 12.8. The summed E-state index contributed by atoms with van der Waals surface area (Å²) < 4.78 is 1.64. The molecule has 2 heterocycles. The number of ketones is 1. The van der Waals surface area contributed by atoms with Crippen molar-refractivity contribution in [1.29, 1.82) is 0 Å². The van der Waals surface area contributed by atoms with Gasteiger partial charge in [0.05, 0.1) is 22.6 Å². The number of halogens is 1. The molecule has 5 nitrogen and oxygen atoms in total. The molecule has 0 bridgehead atoms. The van der Waals surface area contributed by atoms with Crippen LogP contribution in [0.1, 0.15) is 54.3 Å². The van der Waals surface area contributed by atoms with Gasteiger partial charge in [-0.25, -0.2) is 0 Å². The largest absolute Gasteiger partial charge is 0.287 e. The van der Waals surface area contributed by atoms with Crippen molar-refractivity contribution < 1.29 is 4.79 Å². The average molecular weight is 293 g/mol. The van der Waals surface area contributed by atoms with Crippen LogP contribution in [0.3, 0.4) is 0 Å². The van der Waals surface area contributed by atoms with Gasteiger partial charge in [-0.2, -0.15) is 15.3 Å². The zero-order valence-electron chi connectivity index (χ0n) is 12.0. The summed E-state index contributed by atoms with van der Waals surface area (Å²) in [6, 6.07) is 1.81. The zero-order valence-corrected chi connectivity index (χ0v) is 12.8. The number of nitrogens with zero attached hydrogens (tertiary/aromatic N) is 4. The molecule has 20 heavy (non-hydrogen) atoms. The topological polar surface area (TPSA) is 60.7 Å². The van der Waals surface area contributed by atoms with Gasteiger partial charge in [-0.1, -0.05) is 18.5 Å². The summed E-state index contributed by atoms with van der Waals surface area (Å²) in [6.07, 6.45) is 2.14. The SMILES string of the molecule is CCc1nnc(C)cc1C(=O)c1c(Cl)cnn1C(C)C. The van der Waals surface area contributed by atoms with Crippen molar-refractivity contribution in [1.82, 2.24) is 20.0 Å². The van der Waals surface area contributed by atoms with E-state index in [0.29, 0.717) is 34.1 Å². The monoisotopic (exact) mass is 292 g/mol. The van der Waals surface area contributed by atoms with Crippen molar-refractivity contribution in [3.05, 3.63) is 39.9 Å². The Hall–Kier alpha value is -1.75. The molecule has 0 radical (unpaired) electrons. The molecule has 0 aromatic carbocycles. The maximum atomic E-state index is 12.8. The third kappa shape index (κ3) is 2.58. The van der Waals surface area contributed by atoms with E-state index in [4.69, 9.17) is 11.6 Å². The predicted molar refractivity (Wildman–Crippen MR) is 77.2 cm³/mol. The molecule has 0 aliphatic carbocycles. The zero-order chi connectivity index (χ0) is 14.9. The van der Waals surface area contributed by atoms with Gasteiger partial charge < -0.3 is 0 Å². The number of rotatable bonds is 4. The molecule has 2 aromatic rings. The molecule has 0 spiro atoms. The molecule has 0 saturated heterocycles. The van der Waals surface area contributed by atoms with E-state index in [1.807, 2.05) is 27.7 Å². The lowest BCUT2D eigenvalue weighted by Gasteiger charge is -2.12. The van der Waals surface area contributed by atoms with Gasteiger partial charge in [-0.15, -0.1) is 0 Å². The Bertz CT molecular complexity index is 649. The molecule has 0 atom stereocenters. The van der Waals surface area contributed by atoms with Crippen LogP contribution in [-0.4, -0.2) is 25.8 Å². The fourth-order valence-corrected chi connectivity index (χ4v) is 2.26. The number of hydrogen-bond donors (Lipinski definition) is 0. The van der Waals surface area contributed by atoms with E-state index in [1.54, 1.807) is 10.7 Å². The van der Waals surface area contributed by atoms with Crippen molar-refractivity contribution in [3.8, 4) is 0 Å². The average Bonchev–Trinajstić information content (AvgIpc) is 2.80. The Labute approximate surface area is 123 Å². The second-order valence-electron chi connectivity index (χ2n) is 4.91. The quantitative estimate of drug-likeness (QED) is 0.813. The molecule has 0 aliphatic rings. The minimum Gasteiger partial charge on any atom is -0.287 e. The van der Waals surface area contributed by atoms with Crippen LogP contribution in [0, 0.1) is 6.92 Å². The number of hydrogen-bond acceptors (Lipinski definition) is 4. The van der Waals surface area contributed by atoms with Crippen LogP contribution in [-0.2, 0) is 6.42 Å². The summed E-state index contributed by atoms with van der Waals surface area (Å²) in [5, 5.41) is 12.6. The summed E-state index contributed by atoms with van der Waals surface area (Å²) in [5.41, 5.74) is 2.33. The molecule has 2 rings (SSSR count). The van der Waals surface area contributed by atoms with E-state index in [1.165, 1.54) is 6.20 Å². The van der Waals surface area contributed by atoms with E-state index in [0.717, 1.165) is 0 Å². The van der Waals surface area contributed by atoms with Crippen molar-refractivity contribution in [2.75, 3.05) is 0 Å². The molecular formula is C14H17ClN4O. The maximum absolute atomic E-state index is 12.8. The van der Waals surface area contributed by atoms with E-state index in [2.05, 4.69) is 15.3 Å². The highest BCUT2D eigenvalue weighted by molar-refractivity contribution is 6.34. The Balaban J connectivity index is 2.57. The minimum atomic E-state index is -0.156. The van der Waals surface area contributed by atoms with Crippen molar-refractivity contribution in [2.24, 2.45) is 0 Å². The first-order valence-corrected chi connectivity index (χ1v) is 6.94. The Morgan fingerprint density at radius 3 is 2.70 bits per heavy atom. The molecule has 0 N–H and O–H groups in total. The molecule has 0 amide bonds. The first-order chi connectivity index (χ1) is 9.45. The predicted octanol–water partition coefficient (Wildman–Crippen LogP) is 3.01. The van der Waals surface area contributed by atoms with Gasteiger partial charge in [0, 0.05) is 11.6 Å². The highest BCUT2D eigenvalue weighted by Gasteiger charge is 2.23. The molecule has 6 heteroatoms. The van der Waals surface area contributed by atoms with Crippen LogP contribution in [0.4, 0.5) is 0 Å². The summed E-state index contributed by atoms with van der Waals surface area (Å²) in [7, 11) is 0. The van der Waals surface area contributed by atoms with Crippen LogP contribution in [0.5, 0.6) is 0 Å². The van der Waals surface area contributed by atoms with Crippen LogP contribution < -0.4 is 0 Å². The van der Waals surface area contributed by atoms with Crippen LogP contribution in [0.2, 0.25) is 5.02 Å². The summed E-state index contributed by atoms with van der Waals surface area (Å²) in [5.74, 6) is -0.156. The number of carbonyl (C=O) groups excluding carboxylic acids is 1. The maximum Gasteiger partial charge on any atom is 0.214 e. The second kappa shape index (κ2) is 5.71. The normalized spacial score (nSPS) is 11.1. The Morgan fingerprint density at radius 1 is 1.40 bits per heavy atom. The fraction of sp³-hybridized carbons (Fsp3) is 0.429. The van der Waals surface area contributed by atoms with Crippen molar-refractivity contribution in [3.63, 3.8) is 0 Å². The number of carbonyl (C=O) groups is 1. The van der Waals surface area contributed by atoms with Gasteiger partial charge in [-0.05, 0) is 33.3 Å². The smallest absolute Gasteiger partial charge is 0.214 e. The van der Waals surface area contributed by atoms with E-state index in [9.17, 15) is 4.79 Å². The minimum absolute atomic E-state index is 0.0578. The van der Waals surface area contributed by atoms with Crippen LogP contribution in [0.25, 0.3) is 0 Å². The molecule has 0 aliphatic heterocycles. The lowest BCUT2D eigenvalue weighted by molar-refractivity contribution is 0.102.